The molecule has 0 spiro atoms. The fourth-order valence-electron chi connectivity index (χ4n) is 2.55. The van der Waals surface area contributed by atoms with Gasteiger partial charge in [0.1, 0.15) is 21.7 Å². The summed E-state index contributed by atoms with van der Waals surface area (Å²) in [6.07, 6.45) is 2.20. The lowest BCUT2D eigenvalue weighted by Crippen LogP contribution is -2.39. The molecule has 0 radical (unpaired) electrons. The lowest BCUT2D eigenvalue weighted by Gasteiger charge is -2.16. The van der Waals surface area contributed by atoms with Crippen molar-refractivity contribution in [3.63, 3.8) is 0 Å². The monoisotopic (exact) mass is 511 g/mol. The summed E-state index contributed by atoms with van der Waals surface area (Å²) in [5.74, 6) is 1.49. The molecule has 0 bridgehead atoms. The van der Waals surface area contributed by atoms with E-state index < -0.39 is 9.84 Å². The molecule has 1 heterocycles. The summed E-state index contributed by atoms with van der Waals surface area (Å²) in [4.78, 5) is 4.56. The molecule has 2 N–H and O–H groups in total. The number of aliphatic imine (C=N–C) groups is 1. The molecule has 7 nitrogen and oxygen atoms in total. The summed E-state index contributed by atoms with van der Waals surface area (Å²) in [5.41, 5.74) is 2.12. The van der Waals surface area contributed by atoms with Gasteiger partial charge < -0.3 is 20.1 Å². The zero-order chi connectivity index (χ0) is 19.0. The van der Waals surface area contributed by atoms with E-state index in [0.717, 1.165) is 29.9 Å². The minimum atomic E-state index is -3.00. The van der Waals surface area contributed by atoms with Crippen molar-refractivity contribution >= 4 is 39.8 Å². The third-order valence-corrected chi connectivity index (χ3v) is 4.87. The van der Waals surface area contributed by atoms with Crippen LogP contribution in [-0.4, -0.2) is 58.8 Å². The maximum absolute atomic E-state index is 11.3. The molecule has 0 aromatic heterocycles. The van der Waals surface area contributed by atoms with Crippen molar-refractivity contribution in [2.24, 2.45) is 4.99 Å². The van der Waals surface area contributed by atoms with E-state index in [9.17, 15) is 8.42 Å². The summed E-state index contributed by atoms with van der Waals surface area (Å²) in [7, 11) is -3.00. The predicted octanol–water partition coefficient (Wildman–Crippen LogP) is 1.88. The van der Waals surface area contributed by atoms with E-state index in [0.29, 0.717) is 32.2 Å². The van der Waals surface area contributed by atoms with Crippen LogP contribution in [0.5, 0.6) is 5.75 Å². The molecule has 0 amide bonds. The van der Waals surface area contributed by atoms with Crippen LogP contribution in [0.15, 0.2) is 23.2 Å². The van der Waals surface area contributed by atoms with Crippen LogP contribution in [0.2, 0.25) is 0 Å². The standard InChI is InChI=1S/C18H29N3O4S.HI/c1-4-19-18(20-8-10-26(3,22)23)21-12-15-6-5-14(2)11-17(15)25-16-7-9-24-13-16;/h5-6,11,16H,4,7-10,12-13H2,1-3H3,(H2,19,20,21);1H. The number of halogens is 1. The number of nitrogens with one attached hydrogen (secondary N) is 2. The molecule has 27 heavy (non-hydrogen) atoms. The van der Waals surface area contributed by atoms with Gasteiger partial charge in [0.15, 0.2) is 5.96 Å². The van der Waals surface area contributed by atoms with Crippen molar-refractivity contribution < 1.29 is 17.9 Å². The smallest absolute Gasteiger partial charge is 0.191 e. The molecule has 1 aromatic rings. The van der Waals surface area contributed by atoms with E-state index in [-0.39, 0.29) is 35.8 Å². The van der Waals surface area contributed by atoms with Crippen LogP contribution in [0.25, 0.3) is 0 Å². The molecule has 1 atom stereocenters. The summed E-state index contributed by atoms with van der Waals surface area (Å²) in [6, 6.07) is 6.07. The molecule has 1 fully saturated rings. The minimum Gasteiger partial charge on any atom is -0.488 e. The van der Waals surface area contributed by atoms with Crippen LogP contribution in [0, 0.1) is 6.92 Å². The van der Waals surface area contributed by atoms with Gasteiger partial charge in [-0.2, -0.15) is 0 Å². The molecule has 1 aliphatic heterocycles. The van der Waals surface area contributed by atoms with Gasteiger partial charge in [-0.15, -0.1) is 24.0 Å². The van der Waals surface area contributed by atoms with Crippen LogP contribution in [0.1, 0.15) is 24.5 Å². The van der Waals surface area contributed by atoms with Crippen LogP contribution in [0.3, 0.4) is 0 Å². The van der Waals surface area contributed by atoms with Crippen molar-refractivity contribution in [3.8, 4) is 5.75 Å². The quantitative estimate of drug-likeness (QED) is 0.315. The Morgan fingerprint density at radius 1 is 1.37 bits per heavy atom. The minimum absolute atomic E-state index is 0. The summed E-state index contributed by atoms with van der Waals surface area (Å²) >= 11 is 0. The van der Waals surface area contributed by atoms with Gasteiger partial charge in [0.05, 0.1) is 25.5 Å². The highest BCUT2D eigenvalue weighted by atomic mass is 127. The normalized spacial score (nSPS) is 17.3. The largest absolute Gasteiger partial charge is 0.488 e. The van der Waals surface area contributed by atoms with Gasteiger partial charge >= 0.3 is 0 Å². The Morgan fingerprint density at radius 2 is 2.15 bits per heavy atom. The van der Waals surface area contributed by atoms with E-state index >= 15 is 0 Å². The first-order valence-electron chi connectivity index (χ1n) is 8.91. The fourth-order valence-corrected chi connectivity index (χ4v) is 3.02. The number of aryl methyl sites for hydroxylation is 1. The molecule has 1 saturated heterocycles. The number of benzene rings is 1. The van der Waals surface area contributed by atoms with Gasteiger partial charge in [0.25, 0.3) is 0 Å². The molecular weight excluding hydrogens is 481 g/mol. The number of hydrogen-bond acceptors (Lipinski definition) is 5. The average molecular weight is 511 g/mol. The molecular formula is C18H30IN3O4S. The van der Waals surface area contributed by atoms with Gasteiger partial charge in [-0.1, -0.05) is 12.1 Å². The zero-order valence-electron chi connectivity index (χ0n) is 16.2. The number of sulfone groups is 1. The van der Waals surface area contributed by atoms with Crippen molar-refractivity contribution in [2.75, 3.05) is 38.3 Å². The van der Waals surface area contributed by atoms with Gasteiger partial charge in [-0.25, -0.2) is 13.4 Å². The highest BCUT2D eigenvalue weighted by Crippen LogP contribution is 2.24. The summed E-state index contributed by atoms with van der Waals surface area (Å²) in [6.45, 7) is 6.81. The van der Waals surface area contributed by atoms with Crippen LogP contribution in [-0.2, 0) is 21.1 Å². The SMILES string of the molecule is CCNC(=NCc1ccc(C)cc1OC1CCOC1)NCCS(C)(=O)=O.I. The van der Waals surface area contributed by atoms with Gasteiger partial charge in [0, 0.05) is 31.3 Å². The lowest BCUT2D eigenvalue weighted by molar-refractivity contribution is 0.140. The Hall–Kier alpha value is -1.07. The van der Waals surface area contributed by atoms with Crippen molar-refractivity contribution in [2.45, 2.75) is 32.9 Å². The predicted molar refractivity (Wildman–Crippen MR) is 119 cm³/mol. The lowest BCUT2D eigenvalue weighted by atomic mass is 10.1. The molecule has 1 aliphatic rings. The van der Waals surface area contributed by atoms with E-state index in [1.807, 2.05) is 32.0 Å². The molecule has 2 rings (SSSR count). The van der Waals surface area contributed by atoms with E-state index in [1.165, 1.54) is 6.26 Å². The van der Waals surface area contributed by atoms with Crippen molar-refractivity contribution in [1.29, 1.82) is 0 Å². The Labute approximate surface area is 179 Å². The van der Waals surface area contributed by atoms with Gasteiger partial charge in [-0.05, 0) is 25.5 Å². The Balaban J connectivity index is 0.00000364. The Kier molecular flexibility index (Phi) is 10.4. The first-order chi connectivity index (χ1) is 12.4. The molecule has 1 unspecified atom stereocenters. The van der Waals surface area contributed by atoms with E-state index in [4.69, 9.17) is 9.47 Å². The number of ether oxygens (including phenoxy) is 2. The molecule has 9 heteroatoms. The number of nitrogens with zero attached hydrogens (tertiary/aromatic N) is 1. The second-order valence-corrected chi connectivity index (χ2v) is 8.73. The summed E-state index contributed by atoms with van der Waals surface area (Å²) in [5, 5.41) is 6.18. The maximum Gasteiger partial charge on any atom is 0.191 e. The van der Waals surface area contributed by atoms with Crippen molar-refractivity contribution in [1.82, 2.24) is 10.6 Å². The van der Waals surface area contributed by atoms with Gasteiger partial charge in [0.2, 0.25) is 0 Å². The zero-order valence-corrected chi connectivity index (χ0v) is 19.3. The first-order valence-corrected chi connectivity index (χ1v) is 11.0. The van der Waals surface area contributed by atoms with E-state index in [1.54, 1.807) is 0 Å². The molecule has 0 saturated carbocycles. The van der Waals surface area contributed by atoms with Crippen LogP contribution in [0.4, 0.5) is 0 Å². The molecule has 1 aromatic carbocycles. The third-order valence-electron chi connectivity index (χ3n) is 3.92. The Morgan fingerprint density at radius 3 is 2.78 bits per heavy atom. The number of guanidine groups is 1. The molecule has 154 valence electrons. The van der Waals surface area contributed by atoms with Crippen molar-refractivity contribution in [3.05, 3.63) is 29.3 Å². The number of rotatable bonds is 8. The topological polar surface area (TPSA) is 89.0 Å². The van der Waals surface area contributed by atoms with E-state index in [2.05, 4.69) is 15.6 Å². The fraction of sp³-hybridized carbons (Fsp3) is 0.611. The summed E-state index contributed by atoms with van der Waals surface area (Å²) < 4.78 is 34.0. The average Bonchev–Trinajstić information content (AvgIpc) is 3.06. The molecule has 0 aliphatic carbocycles. The number of hydrogen-bond donors (Lipinski definition) is 2. The second-order valence-electron chi connectivity index (χ2n) is 6.47. The van der Waals surface area contributed by atoms with Crippen LogP contribution < -0.4 is 15.4 Å². The highest BCUT2D eigenvalue weighted by Gasteiger charge is 2.18. The second kappa shape index (κ2) is 11.7. The third kappa shape index (κ3) is 9.11. The first kappa shape index (κ1) is 24.0. The maximum atomic E-state index is 11.3. The van der Waals surface area contributed by atoms with Crippen LogP contribution >= 0.6 is 24.0 Å². The Bertz CT molecular complexity index is 719. The van der Waals surface area contributed by atoms with Gasteiger partial charge in [-0.3, -0.25) is 0 Å². The highest BCUT2D eigenvalue weighted by molar-refractivity contribution is 14.0.